The highest BCUT2D eigenvalue weighted by Crippen LogP contribution is 2.29. The maximum atomic E-state index is 13.9. The minimum absolute atomic E-state index is 0.0775. The third-order valence-corrected chi connectivity index (χ3v) is 3.63. The van der Waals surface area contributed by atoms with Crippen LogP contribution in [0.25, 0.3) is 0 Å². The third kappa shape index (κ3) is 2.71. The van der Waals surface area contributed by atoms with Gasteiger partial charge in [-0.3, -0.25) is 4.90 Å². The zero-order valence-electron chi connectivity index (χ0n) is 11.0. The number of nitrogens with two attached hydrogens (primary N) is 1. The standard InChI is InChI=1S/C14H21FN2O/c1-10(16)14(12-5-3-4-6-13(12)15)17-8-7-11(9-17)18-2/h3-6,10-11,14H,7-9,16H2,1-2H3. The summed E-state index contributed by atoms with van der Waals surface area (Å²) < 4.78 is 19.3. The van der Waals surface area contributed by atoms with Crippen LogP contribution in [0.4, 0.5) is 4.39 Å². The molecule has 100 valence electrons. The Kier molecular flexibility index (Phi) is 4.32. The molecule has 18 heavy (non-hydrogen) atoms. The molecule has 3 nitrogen and oxygen atoms in total. The average molecular weight is 252 g/mol. The van der Waals surface area contributed by atoms with Gasteiger partial charge in [-0.1, -0.05) is 18.2 Å². The summed E-state index contributed by atoms with van der Waals surface area (Å²) in [4.78, 5) is 2.22. The lowest BCUT2D eigenvalue weighted by Crippen LogP contribution is -2.39. The summed E-state index contributed by atoms with van der Waals surface area (Å²) in [5.41, 5.74) is 6.74. The molecular weight excluding hydrogens is 231 g/mol. The van der Waals surface area contributed by atoms with Gasteiger partial charge in [0.1, 0.15) is 5.82 Å². The van der Waals surface area contributed by atoms with E-state index in [-0.39, 0.29) is 24.0 Å². The van der Waals surface area contributed by atoms with E-state index in [2.05, 4.69) is 4.90 Å². The Morgan fingerprint density at radius 3 is 2.72 bits per heavy atom. The second-order valence-electron chi connectivity index (χ2n) is 4.97. The van der Waals surface area contributed by atoms with Crippen molar-refractivity contribution in [2.24, 2.45) is 5.73 Å². The molecule has 0 aromatic heterocycles. The Morgan fingerprint density at radius 1 is 1.44 bits per heavy atom. The van der Waals surface area contributed by atoms with Crippen molar-refractivity contribution in [3.8, 4) is 0 Å². The molecule has 1 fully saturated rings. The van der Waals surface area contributed by atoms with Gasteiger partial charge in [-0.25, -0.2) is 4.39 Å². The molecule has 1 saturated heterocycles. The average Bonchev–Trinajstić information content (AvgIpc) is 2.80. The van der Waals surface area contributed by atoms with Gasteiger partial charge in [-0.15, -0.1) is 0 Å². The van der Waals surface area contributed by atoms with E-state index in [1.807, 2.05) is 19.1 Å². The van der Waals surface area contributed by atoms with Gasteiger partial charge in [0, 0.05) is 31.8 Å². The highest BCUT2D eigenvalue weighted by Gasteiger charge is 2.32. The molecule has 1 aliphatic heterocycles. The first-order valence-electron chi connectivity index (χ1n) is 6.40. The summed E-state index contributed by atoms with van der Waals surface area (Å²) in [5.74, 6) is -0.180. The molecule has 0 aliphatic carbocycles. The van der Waals surface area contributed by atoms with Crippen molar-refractivity contribution < 1.29 is 9.13 Å². The fraction of sp³-hybridized carbons (Fsp3) is 0.571. The molecule has 0 radical (unpaired) electrons. The lowest BCUT2D eigenvalue weighted by molar-refractivity contribution is 0.0977. The predicted molar refractivity (Wildman–Crippen MR) is 69.8 cm³/mol. The fourth-order valence-corrected chi connectivity index (χ4v) is 2.73. The minimum Gasteiger partial charge on any atom is -0.380 e. The van der Waals surface area contributed by atoms with Gasteiger partial charge in [0.05, 0.1) is 12.1 Å². The number of rotatable bonds is 4. The Morgan fingerprint density at radius 2 is 2.17 bits per heavy atom. The highest BCUT2D eigenvalue weighted by molar-refractivity contribution is 5.23. The highest BCUT2D eigenvalue weighted by atomic mass is 19.1. The van der Waals surface area contributed by atoms with Gasteiger partial charge >= 0.3 is 0 Å². The lowest BCUT2D eigenvalue weighted by atomic mass is 9.99. The second-order valence-corrected chi connectivity index (χ2v) is 4.97. The number of benzene rings is 1. The van der Waals surface area contributed by atoms with Crippen LogP contribution in [0.3, 0.4) is 0 Å². The number of likely N-dealkylation sites (tertiary alicyclic amines) is 1. The van der Waals surface area contributed by atoms with E-state index in [1.165, 1.54) is 6.07 Å². The van der Waals surface area contributed by atoms with Crippen LogP contribution < -0.4 is 5.73 Å². The van der Waals surface area contributed by atoms with Crippen LogP contribution in [0, 0.1) is 5.82 Å². The Bertz CT molecular complexity index is 397. The van der Waals surface area contributed by atoms with Crippen molar-refractivity contribution >= 4 is 0 Å². The summed E-state index contributed by atoms with van der Waals surface area (Å²) in [6.45, 7) is 3.65. The van der Waals surface area contributed by atoms with Gasteiger partial charge in [-0.05, 0) is 19.4 Å². The smallest absolute Gasteiger partial charge is 0.128 e. The van der Waals surface area contributed by atoms with E-state index >= 15 is 0 Å². The molecule has 3 atom stereocenters. The fourth-order valence-electron chi connectivity index (χ4n) is 2.73. The zero-order chi connectivity index (χ0) is 13.1. The third-order valence-electron chi connectivity index (χ3n) is 3.63. The first kappa shape index (κ1) is 13.5. The van der Waals surface area contributed by atoms with E-state index in [0.717, 1.165) is 19.5 Å². The summed E-state index contributed by atoms with van der Waals surface area (Å²) in [5, 5.41) is 0. The van der Waals surface area contributed by atoms with E-state index in [0.29, 0.717) is 5.56 Å². The summed E-state index contributed by atoms with van der Waals surface area (Å²) >= 11 is 0. The van der Waals surface area contributed by atoms with Crippen molar-refractivity contribution in [2.45, 2.75) is 31.5 Å². The summed E-state index contributed by atoms with van der Waals surface area (Å²) in [6.07, 6.45) is 1.21. The second kappa shape index (κ2) is 5.78. The largest absolute Gasteiger partial charge is 0.380 e. The molecule has 1 aromatic carbocycles. The quantitative estimate of drug-likeness (QED) is 0.890. The molecule has 1 aromatic rings. The van der Waals surface area contributed by atoms with Gasteiger partial charge < -0.3 is 10.5 Å². The summed E-state index contributed by atoms with van der Waals surface area (Å²) in [6, 6.07) is 6.69. The molecule has 3 unspecified atom stereocenters. The Balaban J connectivity index is 2.22. The van der Waals surface area contributed by atoms with E-state index < -0.39 is 0 Å². The van der Waals surface area contributed by atoms with Crippen molar-refractivity contribution in [2.75, 3.05) is 20.2 Å². The molecule has 0 saturated carbocycles. The zero-order valence-corrected chi connectivity index (χ0v) is 11.0. The van der Waals surface area contributed by atoms with E-state index in [1.54, 1.807) is 13.2 Å². The van der Waals surface area contributed by atoms with Crippen LogP contribution in [0.1, 0.15) is 24.9 Å². The number of hydrogen-bond donors (Lipinski definition) is 1. The van der Waals surface area contributed by atoms with E-state index in [4.69, 9.17) is 10.5 Å². The van der Waals surface area contributed by atoms with Crippen molar-refractivity contribution in [3.05, 3.63) is 35.6 Å². The van der Waals surface area contributed by atoms with Crippen molar-refractivity contribution in [1.82, 2.24) is 4.90 Å². The van der Waals surface area contributed by atoms with Gasteiger partial charge in [0.25, 0.3) is 0 Å². The normalized spacial score (nSPS) is 24.1. The number of halogens is 1. The van der Waals surface area contributed by atoms with Crippen LogP contribution in [-0.2, 0) is 4.74 Å². The number of nitrogens with zero attached hydrogens (tertiary/aromatic N) is 1. The van der Waals surface area contributed by atoms with Crippen LogP contribution >= 0.6 is 0 Å². The van der Waals surface area contributed by atoms with Gasteiger partial charge in [-0.2, -0.15) is 0 Å². The van der Waals surface area contributed by atoms with Gasteiger partial charge in [0.15, 0.2) is 0 Å². The molecule has 1 heterocycles. The van der Waals surface area contributed by atoms with E-state index in [9.17, 15) is 4.39 Å². The molecule has 2 rings (SSSR count). The van der Waals surface area contributed by atoms with Crippen LogP contribution in [0.5, 0.6) is 0 Å². The molecule has 1 aliphatic rings. The van der Waals surface area contributed by atoms with Crippen LogP contribution in [0.15, 0.2) is 24.3 Å². The van der Waals surface area contributed by atoms with Crippen molar-refractivity contribution in [1.29, 1.82) is 0 Å². The number of ether oxygens (including phenoxy) is 1. The molecule has 0 spiro atoms. The van der Waals surface area contributed by atoms with Crippen molar-refractivity contribution in [3.63, 3.8) is 0 Å². The number of methoxy groups -OCH3 is 1. The Hall–Kier alpha value is -0.970. The summed E-state index contributed by atoms with van der Waals surface area (Å²) in [7, 11) is 1.72. The molecule has 4 heteroatoms. The predicted octanol–water partition coefficient (Wildman–Crippen LogP) is 1.93. The minimum atomic E-state index is -0.180. The molecule has 0 amide bonds. The Labute approximate surface area is 108 Å². The maximum Gasteiger partial charge on any atom is 0.128 e. The topological polar surface area (TPSA) is 38.5 Å². The van der Waals surface area contributed by atoms with Gasteiger partial charge in [0.2, 0.25) is 0 Å². The molecule has 2 N–H and O–H groups in total. The maximum absolute atomic E-state index is 13.9. The monoisotopic (exact) mass is 252 g/mol. The molecule has 0 bridgehead atoms. The SMILES string of the molecule is COC1CCN(C(c2ccccc2F)C(C)N)C1. The number of hydrogen-bond acceptors (Lipinski definition) is 3. The lowest BCUT2D eigenvalue weighted by Gasteiger charge is -2.31. The molecular formula is C14H21FN2O. The first-order chi connectivity index (χ1) is 8.63. The van der Waals surface area contributed by atoms with Crippen LogP contribution in [0.2, 0.25) is 0 Å². The van der Waals surface area contributed by atoms with Crippen LogP contribution in [-0.4, -0.2) is 37.2 Å². The first-order valence-corrected chi connectivity index (χ1v) is 6.40.